The van der Waals surface area contributed by atoms with Crippen LogP contribution in [-0.2, 0) is 19.1 Å². The lowest BCUT2D eigenvalue weighted by atomic mass is 10.0. The van der Waals surface area contributed by atoms with E-state index in [-0.39, 0.29) is 48.2 Å². The first-order valence-corrected chi connectivity index (χ1v) is 7.73. The Hall–Kier alpha value is -2.34. The zero-order valence-electron chi connectivity index (χ0n) is 13.0. The van der Waals surface area contributed by atoms with Crippen LogP contribution in [0.25, 0.3) is 0 Å². The minimum absolute atomic E-state index is 0.0144. The second-order valence-corrected chi connectivity index (χ2v) is 5.77. The molecule has 0 N–H and O–H groups in total. The van der Waals surface area contributed by atoms with Gasteiger partial charge in [0.1, 0.15) is 6.61 Å². The molecule has 2 atom stereocenters. The molecule has 0 bridgehead atoms. The molecular weight excluding hydrogens is 298 g/mol. The molecule has 122 valence electrons. The van der Waals surface area contributed by atoms with E-state index in [0.717, 1.165) is 5.56 Å². The molecule has 1 aromatic carbocycles. The zero-order valence-corrected chi connectivity index (χ0v) is 13.0. The van der Waals surface area contributed by atoms with Crippen molar-refractivity contribution >= 4 is 11.9 Å². The quantitative estimate of drug-likeness (QED) is 0.604. The average molecular weight is 317 g/mol. The number of carbonyl (C=O) groups is 2. The Morgan fingerprint density at radius 1 is 1.39 bits per heavy atom. The maximum Gasteiger partial charge on any atom is 0.391 e. The average Bonchev–Trinajstić information content (AvgIpc) is 2.85. The van der Waals surface area contributed by atoms with Gasteiger partial charge in [0, 0.05) is 12.0 Å². The fraction of sp³-hybridized carbons (Fsp3) is 0.412. The number of benzene rings is 1. The maximum atomic E-state index is 12.4. The number of carbonyl (C=O) groups excluding carboxylic acids is 2. The van der Waals surface area contributed by atoms with Crippen LogP contribution in [0.4, 0.5) is 0 Å². The number of hydrogen-bond donors (Lipinski definition) is 0. The second-order valence-electron chi connectivity index (χ2n) is 5.77. The predicted molar refractivity (Wildman–Crippen MR) is 78.4 cm³/mol. The third kappa shape index (κ3) is 2.59. The molecule has 3 rings (SSSR count). The highest BCUT2D eigenvalue weighted by molar-refractivity contribution is 5.87. The van der Waals surface area contributed by atoms with E-state index in [1.54, 1.807) is 6.92 Å². The fourth-order valence-electron chi connectivity index (χ4n) is 3.50. The van der Waals surface area contributed by atoms with Crippen LogP contribution in [0.5, 0.6) is 0 Å². The lowest BCUT2D eigenvalue weighted by molar-refractivity contribution is -0.912. The number of quaternary nitrogens is 1. The lowest BCUT2D eigenvalue weighted by Gasteiger charge is -2.44. The summed E-state index contributed by atoms with van der Waals surface area (Å²) < 4.78 is 10.3. The Balaban J connectivity index is 2.07. The summed E-state index contributed by atoms with van der Waals surface area (Å²) in [6.45, 7) is 2.44. The first kappa shape index (κ1) is 15.6. The molecule has 0 amide bonds. The number of morpholine rings is 1. The summed E-state index contributed by atoms with van der Waals surface area (Å²) in [6, 6.07) is 9.27. The second kappa shape index (κ2) is 6.04. The fourth-order valence-corrected chi connectivity index (χ4v) is 3.50. The molecule has 0 unspecified atom stereocenters. The minimum atomic E-state index is -0.620. The molecule has 2 aliphatic rings. The number of esters is 2. The SMILES string of the molecule is CCOC(=O)C1=C([O-])CC[N@@+]12CC(=O)OC[C@H]2c1ccccc1. The Bertz CT molecular complexity index is 654. The van der Waals surface area contributed by atoms with Crippen LogP contribution in [0.15, 0.2) is 41.8 Å². The first-order valence-electron chi connectivity index (χ1n) is 7.73. The summed E-state index contributed by atoms with van der Waals surface area (Å²) in [6.07, 6.45) is 0.241. The summed E-state index contributed by atoms with van der Waals surface area (Å²) in [5.74, 6) is -1.25. The van der Waals surface area contributed by atoms with Gasteiger partial charge in [0.25, 0.3) is 0 Å². The smallest absolute Gasteiger partial charge is 0.391 e. The van der Waals surface area contributed by atoms with Gasteiger partial charge in [-0.1, -0.05) is 36.1 Å². The van der Waals surface area contributed by atoms with Gasteiger partial charge in [-0.25, -0.2) is 9.59 Å². The number of hydrogen-bond acceptors (Lipinski definition) is 5. The van der Waals surface area contributed by atoms with Crippen LogP contribution < -0.4 is 5.11 Å². The van der Waals surface area contributed by atoms with E-state index >= 15 is 0 Å². The van der Waals surface area contributed by atoms with Gasteiger partial charge in [-0.15, -0.1) is 0 Å². The summed E-state index contributed by atoms with van der Waals surface area (Å²) in [4.78, 5) is 24.3. The van der Waals surface area contributed by atoms with Crippen molar-refractivity contribution in [2.45, 2.75) is 19.4 Å². The Morgan fingerprint density at radius 2 is 2.13 bits per heavy atom. The highest BCUT2D eigenvalue weighted by atomic mass is 16.5. The van der Waals surface area contributed by atoms with Crippen molar-refractivity contribution in [1.29, 1.82) is 0 Å². The zero-order chi connectivity index (χ0) is 16.4. The largest absolute Gasteiger partial charge is 0.871 e. The highest BCUT2D eigenvalue weighted by Gasteiger charge is 2.53. The molecular formula is C17H19NO5. The van der Waals surface area contributed by atoms with Crippen LogP contribution in [0.3, 0.4) is 0 Å². The Morgan fingerprint density at radius 3 is 2.83 bits per heavy atom. The van der Waals surface area contributed by atoms with E-state index in [2.05, 4.69) is 0 Å². The van der Waals surface area contributed by atoms with Gasteiger partial charge in [0.15, 0.2) is 12.6 Å². The third-order valence-electron chi connectivity index (χ3n) is 4.51. The molecule has 1 fully saturated rings. The Kier molecular flexibility index (Phi) is 4.09. The molecule has 23 heavy (non-hydrogen) atoms. The number of nitrogens with zero attached hydrogens (tertiary/aromatic N) is 1. The van der Waals surface area contributed by atoms with Crippen LogP contribution >= 0.6 is 0 Å². The van der Waals surface area contributed by atoms with Crippen LogP contribution in [0, 0.1) is 0 Å². The third-order valence-corrected chi connectivity index (χ3v) is 4.51. The Labute approximate surface area is 134 Å². The molecule has 1 aromatic rings. The highest BCUT2D eigenvalue weighted by Crippen LogP contribution is 2.42. The monoisotopic (exact) mass is 317 g/mol. The standard InChI is InChI=1S/C17H19NO5/c1-2-22-17(21)16-14(19)8-9-18(16)10-15(20)23-11-13(18)12-6-4-3-5-7-12/h3-7,13H,2,8-11H2,1H3/t13-,18-/m0/s1. The molecule has 0 aromatic heterocycles. The van der Waals surface area contributed by atoms with Crippen molar-refractivity contribution in [2.75, 3.05) is 26.3 Å². The van der Waals surface area contributed by atoms with Crippen molar-refractivity contribution < 1.29 is 28.7 Å². The normalized spacial score (nSPS) is 27.2. The lowest BCUT2D eigenvalue weighted by Crippen LogP contribution is -2.58. The van der Waals surface area contributed by atoms with Gasteiger partial charge in [-0.2, -0.15) is 0 Å². The number of rotatable bonds is 3. The van der Waals surface area contributed by atoms with Gasteiger partial charge < -0.3 is 14.6 Å². The van der Waals surface area contributed by atoms with Gasteiger partial charge in [-0.05, 0) is 6.92 Å². The van der Waals surface area contributed by atoms with Crippen LogP contribution in [0.1, 0.15) is 24.9 Å². The first-order chi connectivity index (χ1) is 11.1. The molecule has 1 saturated heterocycles. The summed E-state index contributed by atoms with van der Waals surface area (Å²) in [5.41, 5.74) is 1.02. The topological polar surface area (TPSA) is 75.7 Å². The number of ether oxygens (including phenoxy) is 2. The van der Waals surface area contributed by atoms with Crippen molar-refractivity contribution in [1.82, 2.24) is 0 Å². The summed E-state index contributed by atoms with van der Waals surface area (Å²) in [5, 5.41) is 12.3. The van der Waals surface area contributed by atoms with E-state index in [1.807, 2.05) is 30.3 Å². The molecule has 6 heteroatoms. The maximum absolute atomic E-state index is 12.4. The summed E-state index contributed by atoms with van der Waals surface area (Å²) >= 11 is 0. The van der Waals surface area contributed by atoms with Crippen molar-refractivity contribution in [3.63, 3.8) is 0 Å². The van der Waals surface area contributed by atoms with Crippen LogP contribution in [0.2, 0.25) is 0 Å². The molecule has 2 heterocycles. The minimum Gasteiger partial charge on any atom is -0.871 e. The number of cyclic esters (lactones) is 1. The molecule has 6 nitrogen and oxygen atoms in total. The van der Waals surface area contributed by atoms with Crippen molar-refractivity contribution in [3.05, 3.63) is 47.4 Å². The van der Waals surface area contributed by atoms with Gasteiger partial charge >= 0.3 is 11.9 Å². The molecule has 1 spiro atoms. The predicted octanol–water partition coefficient (Wildman–Crippen LogP) is 0.640. The summed E-state index contributed by atoms with van der Waals surface area (Å²) in [7, 11) is 0. The van der Waals surface area contributed by atoms with E-state index in [9.17, 15) is 14.7 Å². The van der Waals surface area contributed by atoms with E-state index in [4.69, 9.17) is 9.47 Å². The molecule has 2 aliphatic heterocycles. The molecule has 0 saturated carbocycles. The molecule has 0 aliphatic carbocycles. The van der Waals surface area contributed by atoms with Crippen molar-refractivity contribution in [3.8, 4) is 0 Å². The van der Waals surface area contributed by atoms with Gasteiger partial charge in [0.2, 0.25) is 5.70 Å². The molecule has 0 radical (unpaired) electrons. The van der Waals surface area contributed by atoms with E-state index < -0.39 is 11.9 Å². The van der Waals surface area contributed by atoms with E-state index in [1.165, 1.54) is 0 Å². The van der Waals surface area contributed by atoms with E-state index in [0.29, 0.717) is 6.54 Å². The van der Waals surface area contributed by atoms with Crippen molar-refractivity contribution in [2.24, 2.45) is 0 Å². The van der Waals surface area contributed by atoms with Gasteiger partial charge in [0.05, 0.1) is 13.2 Å². The van der Waals surface area contributed by atoms with Crippen LogP contribution in [-0.4, -0.2) is 42.7 Å². The van der Waals surface area contributed by atoms with Gasteiger partial charge in [-0.3, -0.25) is 4.48 Å².